The molecule has 1 aliphatic heterocycles. The van der Waals surface area contributed by atoms with E-state index in [0.717, 1.165) is 26.1 Å². The van der Waals surface area contributed by atoms with Crippen LogP contribution >= 0.6 is 11.3 Å². The molecule has 2 aromatic carbocycles. The summed E-state index contributed by atoms with van der Waals surface area (Å²) in [7, 11) is -8.23. The molecule has 1 unspecified atom stereocenters. The number of carboxylic acids is 1. The second-order valence-electron chi connectivity index (χ2n) is 11.4. The molecular formula is C31H37N7O9S3. The number of aromatic nitrogens is 1. The first-order valence-electron chi connectivity index (χ1n) is 15.3. The van der Waals surface area contributed by atoms with E-state index in [1.165, 1.54) is 49.5 Å². The lowest BCUT2D eigenvalue weighted by atomic mass is 9.99. The van der Waals surface area contributed by atoms with E-state index < -0.39 is 68.2 Å². The number of benzene rings is 2. The van der Waals surface area contributed by atoms with Crippen LogP contribution in [0, 0.1) is 12.8 Å². The van der Waals surface area contributed by atoms with Gasteiger partial charge in [0.2, 0.25) is 33.6 Å². The quantitative estimate of drug-likeness (QED) is 0.0735. The van der Waals surface area contributed by atoms with Gasteiger partial charge in [0, 0.05) is 31.2 Å². The van der Waals surface area contributed by atoms with Crippen molar-refractivity contribution in [3.8, 4) is 0 Å². The number of nitrogens with zero attached hydrogens (tertiary/aromatic N) is 4. The SMILES string of the molecule is Cc1ccc(S(=O)(=O)NC(N)=NCCC[C@H](NC(=O)CN2CCN(S(=O)(=O)c3ccccc3)[C@@H](C(C)C(=O)O)C2=O)C(=O)c2nccs2)cc1. The van der Waals surface area contributed by atoms with Gasteiger partial charge in [0.05, 0.1) is 28.3 Å². The van der Waals surface area contributed by atoms with Crippen LogP contribution in [-0.2, 0) is 34.4 Å². The van der Waals surface area contributed by atoms with Crippen LogP contribution in [0.2, 0.25) is 0 Å². The van der Waals surface area contributed by atoms with E-state index in [1.54, 1.807) is 23.6 Å². The number of piperazine rings is 1. The number of aliphatic carboxylic acids is 1. The van der Waals surface area contributed by atoms with Crippen LogP contribution in [-0.4, -0.2) is 104 Å². The molecule has 2 amide bonds. The van der Waals surface area contributed by atoms with Crippen LogP contribution < -0.4 is 15.8 Å². The Kier molecular flexibility index (Phi) is 12.4. The van der Waals surface area contributed by atoms with Gasteiger partial charge in [-0.1, -0.05) is 35.9 Å². The maximum Gasteiger partial charge on any atom is 0.308 e. The number of hydrogen-bond acceptors (Lipinski definition) is 11. The first-order chi connectivity index (χ1) is 23.6. The van der Waals surface area contributed by atoms with E-state index in [9.17, 15) is 41.1 Å². The molecule has 1 fully saturated rings. The van der Waals surface area contributed by atoms with Crippen LogP contribution in [0.5, 0.6) is 0 Å². The average Bonchev–Trinajstić information content (AvgIpc) is 3.62. The highest BCUT2D eigenvalue weighted by Gasteiger charge is 2.47. The minimum absolute atomic E-state index is 0.000441. The molecule has 0 radical (unpaired) electrons. The zero-order valence-electron chi connectivity index (χ0n) is 27.1. The number of rotatable bonds is 15. The summed E-state index contributed by atoms with van der Waals surface area (Å²) in [4.78, 5) is 61.1. The molecule has 0 bridgehead atoms. The highest BCUT2D eigenvalue weighted by atomic mass is 32.2. The number of amides is 2. The van der Waals surface area contributed by atoms with Crippen molar-refractivity contribution < 1.29 is 41.1 Å². The van der Waals surface area contributed by atoms with E-state index in [0.29, 0.717) is 0 Å². The summed E-state index contributed by atoms with van der Waals surface area (Å²) < 4.78 is 55.1. The van der Waals surface area contributed by atoms with Crippen LogP contribution in [0.25, 0.3) is 0 Å². The second-order valence-corrected chi connectivity index (χ2v) is 15.9. The maximum atomic E-state index is 13.6. The smallest absolute Gasteiger partial charge is 0.308 e. The van der Waals surface area contributed by atoms with Crippen molar-refractivity contribution >= 4 is 60.9 Å². The maximum absolute atomic E-state index is 13.6. The summed E-state index contributed by atoms with van der Waals surface area (Å²) >= 11 is 1.06. The highest BCUT2D eigenvalue weighted by molar-refractivity contribution is 7.90. The van der Waals surface area contributed by atoms with E-state index >= 15 is 0 Å². The summed E-state index contributed by atoms with van der Waals surface area (Å²) in [6.45, 7) is 1.97. The zero-order valence-corrected chi connectivity index (χ0v) is 29.6. The number of nitrogens with two attached hydrogens (primary N) is 1. The Bertz CT molecular complexity index is 1940. The number of carbonyl (C=O) groups is 4. The lowest BCUT2D eigenvalue weighted by Crippen LogP contribution is -2.63. The normalized spacial score (nSPS) is 17.2. The minimum Gasteiger partial charge on any atom is -0.481 e. The number of carboxylic acid groups (broad SMARTS) is 1. The molecule has 16 nitrogen and oxygen atoms in total. The molecule has 4 rings (SSSR count). The van der Waals surface area contributed by atoms with Crippen LogP contribution in [0.1, 0.15) is 35.1 Å². The third-order valence-electron chi connectivity index (χ3n) is 7.81. The lowest BCUT2D eigenvalue weighted by molar-refractivity contribution is -0.152. The minimum atomic E-state index is -4.26. The second kappa shape index (κ2) is 16.3. The van der Waals surface area contributed by atoms with Gasteiger partial charge in [0.1, 0.15) is 6.04 Å². The molecule has 268 valence electrons. The zero-order chi connectivity index (χ0) is 36.6. The van der Waals surface area contributed by atoms with Crippen molar-refractivity contribution in [1.82, 2.24) is 24.2 Å². The molecule has 1 aliphatic rings. The Morgan fingerprint density at radius 2 is 1.74 bits per heavy atom. The van der Waals surface area contributed by atoms with E-state index in [1.807, 2.05) is 6.92 Å². The molecule has 0 saturated carbocycles. The fourth-order valence-electron chi connectivity index (χ4n) is 5.15. The molecule has 5 N–H and O–H groups in total. The first-order valence-corrected chi connectivity index (χ1v) is 19.1. The Balaban J connectivity index is 1.43. The summed E-state index contributed by atoms with van der Waals surface area (Å²) in [5.41, 5.74) is 6.67. The summed E-state index contributed by atoms with van der Waals surface area (Å²) in [5.74, 6) is -5.34. The molecule has 0 aliphatic carbocycles. The van der Waals surface area contributed by atoms with Gasteiger partial charge in [-0.3, -0.25) is 24.2 Å². The standard InChI is InChI=1S/C31H37N7O9S3/c1-20-10-12-22(13-11-20)49(44,45)36-31(32)34-14-6-9-24(27(40)28-33-15-18-48-28)35-25(39)19-37-16-17-38(26(29(37)41)21(2)30(42)43)50(46,47)23-7-4-3-5-8-23/h3-5,7-8,10-13,15,18,21,24,26H,6,9,14,16-17,19H2,1-2H3,(H,35,39)(H,42,43)(H3,32,34,36)/t21?,24-,26-/m0/s1. The Labute approximate surface area is 293 Å². The van der Waals surface area contributed by atoms with E-state index in [2.05, 4.69) is 20.0 Å². The average molecular weight is 748 g/mol. The molecule has 19 heteroatoms. The van der Waals surface area contributed by atoms with Gasteiger partial charge in [-0.2, -0.15) is 4.31 Å². The number of sulfonamides is 2. The molecule has 2 heterocycles. The van der Waals surface area contributed by atoms with E-state index in [-0.39, 0.29) is 53.2 Å². The van der Waals surface area contributed by atoms with Gasteiger partial charge in [-0.15, -0.1) is 11.3 Å². The molecule has 0 spiro atoms. The molecule has 1 saturated heterocycles. The Morgan fingerprint density at radius 1 is 1.06 bits per heavy atom. The Morgan fingerprint density at radius 3 is 2.36 bits per heavy atom. The van der Waals surface area contributed by atoms with Crippen molar-refractivity contribution in [1.29, 1.82) is 0 Å². The number of thiazole rings is 1. The van der Waals surface area contributed by atoms with Crippen LogP contribution in [0.4, 0.5) is 0 Å². The fourth-order valence-corrected chi connectivity index (χ4v) is 8.40. The molecule has 50 heavy (non-hydrogen) atoms. The van der Waals surface area contributed by atoms with Gasteiger partial charge in [0.15, 0.2) is 5.01 Å². The molecule has 1 aromatic heterocycles. The third-order valence-corrected chi connectivity index (χ3v) is 11.9. The van der Waals surface area contributed by atoms with Crippen LogP contribution in [0.15, 0.2) is 81.0 Å². The van der Waals surface area contributed by atoms with Crippen molar-refractivity contribution in [2.75, 3.05) is 26.2 Å². The van der Waals surface area contributed by atoms with Crippen LogP contribution in [0.3, 0.4) is 0 Å². The lowest BCUT2D eigenvalue weighted by Gasteiger charge is -2.41. The largest absolute Gasteiger partial charge is 0.481 e. The number of aryl methyl sites for hydroxylation is 1. The fraction of sp³-hybridized carbons (Fsp3) is 0.355. The van der Waals surface area contributed by atoms with Gasteiger partial charge >= 0.3 is 5.97 Å². The number of aliphatic imine (C=N–C) groups is 1. The first kappa shape index (κ1) is 38.1. The number of Topliss-reactive ketones (excluding diaryl/α,β-unsaturated/α-hetero) is 1. The number of guanidine groups is 1. The van der Waals surface area contributed by atoms with Gasteiger partial charge in [0.25, 0.3) is 10.0 Å². The van der Waals surface area contributed by atoms with Crippen molar-refractivity contribution in [3.63, 3.8) is 0 Å². The van der Waals surface area contributed by atoms with Crippen molar-refractivity contribution in [3.05, 3.63) is 76.7 Å². The predicted molar refractivity (Wildman–Crippen MR) is 183 cm³/mol. The van der Waals surface area contributed by atoms with Gasteiger partial charge in [-0.05, 0) is 51.0 Å². The molecular weight excluding hydrogens is 711 g/mol. The summed E-state index contributed by atoms with van der Waals surface area (Å²) in [6.07, 6.45) is 1.65. The van der Waals surface area contributed by atoms with Gasteiger partial charge in [-0.25, -0.2) is 26.5 Å². The topological polar surface area (TPSA) is 239 Å². The molecule has 3 atom stereocenters. The third kappa shape index (κ3) is 9.29. The molecule has 3 aromatic rings. The summed E-state index contributed by atoms with van der Waals surface area (Å²) in [5, 5.41) is 14.0. The number of ketones is 1. The number of hydrogen-bond donors (Lipinski definition) is 4. The number of carbonyl (C=O) groups excluding carboxylic acids is 3. The highest BCUT2D eigenvalue weighted by Crippen LogP contribution is 2.27. The number of nitrogens with one attached hydrogen (secondary N) is 2. The Hall–Kier alpha value is -4.72. The summed E-state index contributed by atoms with van der Waals surface area (Å²) in [6, 6.07) is 10.7. The van der Waals surface area contributed by atoms with E-state index in [4.69, 9.17) is 5.73 Å². The monoisotopic (exact) mass is 747 g/mol. The predicted octanol–water partition coefficient (Wildman–Crippen LogP) is 0.815. The van der Waals surface area contributed by atoms with Crippen molar-refractivity contribution in [2.45, 2.75) is 48.6 Å². The van der Waals surface area contributed by atoms with Crippen molar-refractivity contribution in [2.24, 2.45) is 16.6 Å². The van der Waals surface area contributed by atoms with Gasteiger partial charge < -0.3 is 21.1 Å².